The number of ether oxygens (including phenoxy) is 1. The van der Waals surface area contributed by atoms with Crippen LogP contribution >= 0.6 is 11.3 Å². The molecule has 0 aliphatic heterocycles. The van der Waals surface area contributed by atoms with Crippen LogP contribution < -0.4 is 10.1 Å². The molecule has 0 unspecified atom stereocenters. The van der Waals surface area contributed by atoms with Crippen molar-refractivity contribution in [2.24, 2.45) is 0 Å². The molecule has 0 saturated carbocycles. The number of aromatic nitrogens is 1. The summed E-state index contributed by atoms with van der Waals surface area (Å²) in [5.41, 5.74) is 4.36. The normalized spacial score (nSPS) is 10.6. The lowest BCUT2D eigenvalue weighted by Crippen LogP contribution is -2.16. The number of rotatable bonds is 6. The molecule has 0 aliphatic rings. The van der Waals surface area contributed by atoms with E-state index in [1.54, 1.807) is 18.4 Å². The highest BCUT2D eigenvalue weighted by molar-refractivity contribution is 7.09. The van der Waals surface area contributed by atoms with Gasteiger partial charge < -0.3 is 10.1 Å². The van der Waals surface area contributed by atoms with E-state index >= 15 is 0 Å². The minimum Gasteiger partial charge on any atom is -0.497 e. The lowest BCUT2D eigenvalue weighted by molar-refractivity contribution is 0.414. The van der Waals surface area contributed by atoms with E-state index in [4.69, 9.17) is 4.74 Å². The van der Waals surface area contributed by atoms with Gasteiger partial charge in [-0.1, -0.05) is 12.1 Å². The fraction of sp³-hybridized carbons (Fsp3) is 0.357. The van der Waals surface area contributed by atoms with Gasteiger partial charge in [-0.2, -0.15) is 0 Å². The summed E-state index contributed by atoms with van der Waals surface area (Å²) in [6.45, 7) is 3.94. The van der Waals surface area contributed by atoms with E-state index < -0.39 is 0 Å². The van der Waals surface area contributed by atoms with Crippen molar-refractivity contribution in [2.75, 3.05) is 13.7 Å². The van der Waals surface area contributed by atoms with Crippen LogP contribution in [-0.4, -0.2) is 18.6 Å². The van der Waals surface area contributed by atoms with Crippen molar-refractivity contribution in [1.82, 2.24) is 10.3 Å². The summed E-state index contributed by atoms with van der Waals surface area (Å²) < 4.78 is 5.14. The minimum atomic E-state index is 0.909. The highest BCUT2D eigenvalue weighted by Crippen LogP contribution is 2.12. The Bertz CT molecular complexity index is 479. The first-order valence-electron chi connectivity index (χ1n) is 6.02. The zero-order chi connectivity index (χ0) is 12.8. The molecular formula is C14H18N2OS. The predicted molar refractivity (Wildman–Crippen MR) is 75.3 cm³/mol. The van der Waals surface area contributed by atoms with Crippen LogP contribution in [0, 0.1) is 6.92 Å². The summed E-state index contributed by atoms with van der Waals surface area (Å²) in [6, 6.07) is 8.22. The number of methoxy groups -OCH3 is 1. The van der Waals surface area contributed by atoms with E-state index in [2.05, 4.69) is 29.4 Å². The molecule has 2 aromatic rings. The summed E-state index contributed by atoms with van der Waals surface area (Å²) in [5.74, 6) is 0.909. The SMILES string of the molecule is COc1ccc(CCNCc2scnc2C)cc1. The first-order valence-corrected chi connectivity index (χ1v) is 6.90. The molecular weight excluding hydrogens is 244 g/mol. The topological polar surface area (TPSA) is 34.1 Å². The maximum atomic E-state index is 5.14. The lowest BCUT2D eigenvalue weighted by Gasteiger charge is -2.05. The molecule has 0 atom stereocenters. The Labute approximate surface area is 112 Å². The number of aryl methyl sites for hydroxylation is 1. The second-order valence-corrected chi connectivity index (χ2v) is 5.08. The van der Waals surface area contributed by atoms with Crippen molar-refractivity contribution in [3.63, 3.8) is 0 Å². The first-order chi connectivity index (χ1) is 8.79. The Morgan fingerprint density at radius 3 is 2.67 bits per heavy atom. The molecule has 3 nitrogen and oxygen atoms in total. The molecule has 0 saturated heterocycles. The van der Waals surface area contributed by atoms with Crippen LogP contribution in [-0.2, 0) is 13.0 Å². The van der Waals surface area contributed by atoms with Crippen molar-refractivity contribution < 1.29 is 4.74 Å². The molecule has 0 radical (unpaired) electrons. The highest BCUT2D eigenvalue weighted by atomic mass is 32.1. The molecule has 18 heavy (non-hydrogen) atoms. The van der Waals surface area contributed by atoms with Gasteiger partial charge in [0.2, 0.25) is 0 Å². The number of hydrogen-bond acceptors (Lipinski definition) is 4. The molecule has 2 rings (SSSR count). The monoisotopic (exact) mass is 262 g/mol. The summed E-state index contributed by atoms with van der Waals surface area (Å²) in [7, 11) is 1.69. The Kier molecular flexibility index (Phi) is 4.73. The molecule has 0 spiro atoms. The van der Waals surface area contributed by atoms with Crippen LogP contribution in [0.3, 0.4) is 0 Å². The molecule has 4 heteroatoms. The van der Waals surface area contributed by atoms with Gasteiger partial charge in [-0.25, -0.2) is 4.98 Å². The average Bonchev–Trinajstić information content (AvgIpc) is 2.81. The van der Waals surface area contributed by atoms with Crippen LogP contribution in [0.2, 0.25) is 0 Å². The number of benzene rings is 1. The third kappa shape index (κ3) is 3.55. The maximum Gasteiger partial charge on any atom is 0.118 e. The molecule has 1 aromatic heterocycles. The van der Waals surface area contributed by atoms with Gasteiger partial charge in [0, 0.05) is 11.4 Å². The number of thiazole rings is 1. The Hall–Kier alpha value is -1.39. The van der Waals surface area contributed by atoms with Crippen LogP contribution in [0.15, 0.2) is 29.8 Å². The van der Waals surface area contributed by atoms with Crippen molar-refractivity contribution >= 4 is 11.3 Å². The van der Waals surface area contributed by atoms with Gasteiger partial charge in [-0.3, -0.25) is 0 Å². The Morgan fingerprint density at radius 1 is 1.28 bits per heavy atom. The first kappa shape index (κ1) is 13.1. The smallest absolute Gasteiger partial charge is 0.118 e. The third-order valence-corrected chi connectivity index (χ3v) is 3.82. The Balaban J connectivity index is 1.73. The van der Waals surface area contributed by atoms with E-state index in [0.29, 0.717) is 0 Å². The van der Waals surface area contributed by atoms with Gasteiger partial charge in [0.25, 0.3) is 0 Å². The van der Waals surface area contributed by atoms with Gasteiger partial charge in [0.05, 0.1) is 18.3 Å². The molecule has 1 N–H and O–H groups in total. The molecule has 1 aromatic carbocycles. The van der Waals surface area contributed by atoms with Crippen molar-refractivity contribution in [2.45, 2.75) is 19.9 Å². The zero-order valence-electron chi connectivity index (χ0n) is 10.8. The highest BCUT2D eigenvalue weighted by Gasteiger charge is 2.00. The fourth-order valence-corrected chi connectivity index (χ4v) is 2.47. The number of nitrogens with one attached hydrogen (secondary N) is 1. The van der Waals surface area contributed by atoms with E-state index in [1.807, 2.05) is 17.6 Å². The molecule has 0 amide bonds. The van der Waals surface area contributed by atoms with E-state index in [1.165, 1.54) is 10.4 Å². The summed E-state index contributed by atoms with van der Waals surface area (Å²) in [6.07, 6.45) is 1.03. The second-order valence-electron chi connectivity index (χ2n) is 4.14. The molecule has 0 aliphatic carbocycles. The third-order valence-electron chi connectivity index (χ3n) is 2.88. The predicted octanol–water partition coefficient (Wildman–Crippen LogP) is 2.79. The van der Waals surface area contributed by atoms with E-state index in [9.17, 15) is 0 Å². The molecule has 96 valence electrons. The van der Waals surface area contributed by atoms with Crippen LogP contribution in [0.5, 0.6) is 5.75 Å². The Morgan fingerprint density at radius 2 is 2.06 bits per heavy atom. The van der Waals surface area contributed by atoms with Crippen molar-refractivity contribution in [3.8, 4) is 5.75 Å². The van der Waals surface area contributed by atoms with Gasteiger partial charge in [-0.15, -0.1) is 11.3 Å². The second kappa shape index (κ2) is 6.52. The summed E-state index contributed by atoms with van der Waals surface area (Å²) >= 11 is 1.71. The zero-order valence-corrected chi connectivity index (χ0v) is 11.6. The lowest BCUT2D eigenvalue weighted by atomic mass is 10.1. The van der Waals surface area contributed by atoms with Gasteiger partial charge >= 0.3 is 0 Å². The fourth-order valence-electron chi connectivity index (χ4n) is 1.72. The average molecular weight is 262 g/mol. The van der Waals surface area contributed by atoms with Crippen molar-refractivity contribution in [1.29, 1.82) is 0 Å². The van der Waals surface area contributed by atoms with E-state index in [0.717, 1.165) is 31.0 Å². The summed E-state index contributed by atoms with van der Waals surface area (Å²) in [4.78, 5) is 5.56. The molecule has 1 heterocycles. The quantitative estimate of drug-likeness (QED) is 0.813. The van der Waals surface area contributed by atoms with Crippen LogP contribution in [0.4, 0.5) is 0 Å². The van der Waals surface area contributed by atoms with E-state index in [-0.39, 0.29) is 0 Å². The van der Waals surface area contributed by atoms with Crippen LogP contribution in [0.25, 0.3) is 0 Å². The number of hydrogen-bond donors (Lipinski definition) is 1. The largest absolute Gasteiger partial charge is 0.497 e. The standard InChI is InChI=1S/C14H18N2OS/c1-11-14(18-10-16-11)9-15-8-7-12-3-5-13(17-2)6-4-12/h3-6,10,15H,7-9H2,1-2H3. The van der Waals surface area contributed by atoms with Crippen LogP contribution in [0.1, 0.15) is 16.1 Å². The minimum absolute atomic E-state index is 0.909. The maximum absolute atomic E-state index is 5.14. The summed E-state index contributed by atoms with van der Waals surface area (Å²) in [5, 5.41) is 3.44. The molecule has 0 bridgehead atoms. The molecule has 0 fully saturated rings. The van der Waals surface area contributed by atoms with Gasteiger partial charge in [0.15, 0.2) is 0 Å². The number of nitrogens with zero attached hydrogens (tertiary/aromatic N) is 1. The van der Waals surface area contributed by atoms with Crippen molar-refractivity contribution in [3.05, 3.63) is 45.9 Å². The van der Waals surface area contributed by atoms with Gasteiger partial charge in [-0.05, 0) is 37.6 Å². The van der Waals surface area contributed by atoms with Gasteiger partial charge in [0.1, 0.15) is 5.75 Å².